The van der Waals surface area contributed by atoms with Gasteiger partial charge < -0.3 is 10.2 Å². The number of thiophene rings is 1. The molecule has 3 rings (SSSR count). The Balaban J connectivity index is 1.73. The molecule has 0 aliphatic heterocycles. The fourth-order valence-corrected chi connectivity index (χ4v) is 3.40. The average Bonchev–Trinajstić information content (AvgIpc) is 3.24. The fourth-order valence-electron chi connectivity index (χ4n) is 2.42. The van der Waals surface area contributed by atoms with E-state index < -0.39 is 0 Å². The van der Waals surface area contributed by atoms with Crippen molar-refractivity contribution in [1.29, 1.82) is 0 Å². The summed E-state index contributed by atoms with van der Waals surface area (Å²) in [6, 6.07) is 12.2. The number of aryl methyl sites for hydroxylation is 1. The summed E-state index contributed by atoms with van der Waals surface area (Å²) in [6.07, 6.45) is 0. The first kappa shape index (κ1) is 18.2. The maximum Gasteiger partial charge on any atom is 0.274 e. The van der Waals surface area contributed by atoms with Crippen LogP contribution in [0.2, 0.25) is 5.02 Å². The van der Waals surface area contributed by atoms with Crippen LogP contribution in [0.15, 0.2) is 47.8 Å². The summed E-state index contributed by atoms with van der Waals surface area (Å²) in [4.78, 5) is 27.6. The van der Waals surface area contributed by atoms with Gasteiger partial charge in [0.2, 0.25) is 0 Å². The van der Waals surface area contributed by atoms with E-state index in [2.05, 4.69) is 10.4 Å². The molecule has 0 aliphatic rings. The van der Waals surface area contributed by atoms with Gasteiger partial charge in [-0.3, -0.25) is 14.3 Å². The second kappa shape index (κ2) is 7.72. The smallest absolute Gasteiger partial charge is 0.274 e. The number of aromatic nitrogens is 2. The van der Waals surface area contributed by atoms with Crippen LogP contribution in [0.5, 0.6) is 0 Å². The van der Waals surface area contributed by atoms with Gasteiger partial charge >= 0.3 is 0 Å². The largest absolute Gasteiger partial charge is 0.335 e. The Hall–Kier alpha value is -2.64. The van der Waals surface area contributed by atoms with Gasteiger partial charge in [0.05, 0.1) is 17.1 Å². The Morgan fingerprint density at radius 1 is 1.27 bits per heavy atom. The maximum absolute atomic E-state index is 12.6. The van der Waals surface area contributed by atoms with E-state index >= 15 is 0 Å². The Labute approximate surface area is 160 Å². The van der Waals surface area contributed by atoms with Gasteiger partial charge in [0.15, 0.2) is 5.69 Å². The predicted molar refractivity (Wildman–Crippen MR) is 103 cm³/mol. The molecule has 0 spiro atoms. The zero-order valence-electron chi connectivity index (χ0n) is 14.3. The highest BCUT2D eigenvalue weighted by Crippen LogP contribution is 2.18. The predicted octanol–water partition coefficient (Wildman–Crippen LogP) is 3.66. The molecule has 2 amide bonds. The molecule has 0 saturated carbocycles. The molecule has 2 aromatic heterocycles. The molecule has 0 radical (unpaired) electrons. The number of amides is 2. The molecule has 0 atom stereocenters. The Morgan fingerprint density at radius 3 is 2.73 bits per heavy atom. The number of anilines is 1. The summed E-state index contributed by atoms with van der Waals surface area (Å²) < 4.78 is 1.46. The van der Waals surface area contributed by atoms with E-state index in [1.165, 1.54) is 4.68 Å². The van der Waals surface area contributed by atoms with Crippen LogP contribution in [0.1, 0.15) is 25.7 Å². The van der Waals surface area contributed by atoms with Gasteiger partial charge in [0, 0.05) is 25.0 Å². The molecule has 6 nitrogen and oxygen atoms in total. The summed E-state index contributed by atoms with van der Waals surface area (Å²) in [7, 11) is 3.39. The molecule has 0 saturated heterocycles. The number of hydrogen-bond acceptors (Lipinski definition) is 4. The Morgan fingerprint density at radius 2 is 2.04 bits per heavy atom. The lowest BCUT2D eigenvalue weighted by Crippen LogP contribution is -2.26. The number of nitrogens with one attached hydrogen (secondary N) is 1. The van der Waals surface area contributed by atoms with E-state index in [0.29, 0.717) is 22.9 Å². The van der Waals surface area contributed by atoms with Crippen molar-refractivity contribution in [2.45, 2.75) is 6.54 Å². The third-order valence-electron chi connectivity index (χ3n) is 3.78. The molecule has 3 aromatic rings. The van der Waals surface area contributed by atoms with Gasteiger partial charge in [-0.2, -0.15) is 5.10 Å². The highest BCUT2D eigenvalue weighted by atomic mass is 35.5. The van der Waals surface area contributed by atoms with E-state index in [4.69, 9.17) is 11.6 Å². The zero-order valence-corrected chi connectivity index (χ0v) is 15.8. The summed E-state index contributed by atoms with van der Waals surface area (Å²) in [5.41, 5.74) is 0.624. The van der Waals surface area contributed by atoms with Crippen molar-refractivity contribution in [3.05, 3.63) is 69.0 Å². The minimum Gasteiger partial charge on any atom is -0.335 e. The summed E-state index contributed by atoms with van der Waals surface area (Å²) in [5, 5.41) is 9.28. The van der Waals surface area contributed by atoms with Crippen molar-refractivity contribution in [1.82, 2.24) is 14.7 Å². The number of nitrogens with zero attached hydrogens (tertiary/aromatic N) is 3. The van der Waals surface area contributed by atoms with E-state index in [1.807, 2.05) is 17.5 Å². The van der Waals surface area contributed by atoms with Crippen LogP contribution in [0.3, 0.4) is 0 Å². The molecule has 1 N–H and O–H groups in total. The summed E-state index contributed by atoms with van der Waals surface area (Å²) >= 11 is 7.64. The van der Waals surface area contributed by atoms with Crippen molar-refractivity contribution >= 4 is 40.6 Å². The monoisotopic (exact) mass is 388 g/mol. The lowest BCUT2D eigenvalue weighted by molar-refractivity contribution is 0.0779. The molecule has 1 aromatic carbocycles. The van der Waals surface area contributed by atoms with Crippen molar-refractivity contribution in [2.24, 2.45) is 7.05 Å². The number of benzene rings is 1. The van der Waals surface area contributed by atoms with Crippen LogP contribution in [0.25, 0.3) is 0 Å². The highest BCUT2D eigenvalue weighted by Gasteiger charge is 2.19. The van der Waals surface area contributed by atoms with Crippen molar-refractivity contribution in [2.75, 3.05) is 12.4 Å². The first-order valence-electron chi connectivity index (χ1n) is 7.83. The lowest BCUT2D eigenvalue weighted by Gasteiger charge is -2.14. The number of hydrogen-bond donors (Lipinski definition) is 1. The minimum atomic E-state index is -0.357. The van der Waals surface area contributed by atoms with E-state index in [0.717, 1.165) is 4.88 Å². The zero-order chi connectivity index (χ0) is 18.7. The fraction of sp³-hybridized carbons (Fsp3) is 0.167. The molecular weight excluding hydrogens is 372 g/mol. The highest BCUT2D eigenvalue weighted by molar-refractivity contribution is 7.09. The Bertz CT molecular complexity index is 937. The second-order valence-corrected chi connectivity index (χ2v) is 7.15. The molecule has 0 fully saturated rings. The number of halogens is 1. The second-order valence-electron chi connectivity index (χ2n) is 5.71. The number of rotatable bonds is 5. The molecular formula is C18H17ClN4O2S. The van der Waals surface area contributed by atoms with Crippen molar-refractivity contribution in [3.8, 4) is 0 Å². The quantitative estimate of drug-likeness (QED) is 0.725. The average molecular weight is 389 g/mol. The third kappa shape index (κ3) is 3.95. The van der Waals surface area contributed by atoms with Gasteiger partial charge in [0.25, 0.3) is 11.8 Å². The summed E-state index contributed by atoms with van der Waals surface area (Å²) in [5.74, 6) is -0.153. The molecule has 2 heterocycles. The van der Waals surface area contributed by atoms with E-state index in [9.17, 15) is 9.59 Å². The molecule has 134 valence electrons. The van der Waals surface area contributed by atoms with E-state index in [1.54, 1.807) is 60.7 Å². The van der Waals surface area contributed by atoms with Gasteiger partial charge in [-0.25, -0.2) is 0 Å². The van der Waals surface area contributed by atoms with Crippen molar-refractivity contribution in [3.63, 3.8) is 0 Å². The van der Waals surface area contributed by atoms with Crippen LogP contribution in [-0.2, 0) is 13.6 Å². The van der Waals surface area contributed by atoms with E-state index in [-0.39, 0.29) is 17.5 Å². The minimum absolute atomic E-state index is 0.216. The SMILES string of the molecule is CN(Cc1cccs1)C(=O)c1cc(NC(=O)c2ccccc2Cl)n(C)n1. The lowest BCUT2D eigenvalue weighted by atomic mass is 10.2. The van der Waals surface area contributed by atoms with Crippen LogP contribution >= 0.6 is 22.9 Å². The van der Waals surface area contributed by atoms with Crippen molar-refractivity contribution < 1.29 is 9.59 Å². The first-order valence-corrected chi connectivity index (χ1v) is 9.09. The van der Waals surface area contributed by atoms with Crippen LogP contribution < -0.4 is 5.32 Å². The third-order valence-corrected chi connectivity index (χ3v) is 4.97. The normalized spacial score (nSPS) is 10.6. The van der Waals surface area contributed by atoms with Gasteiger partial charge in [-0.15, -0.1) is 11.3 Å². The summed E-state index contributed by atoms with van der Waals surface area (Å²) in [6.45, 7) is 0.508. The van der Waals surface area contributed by atoms with Crippen LogP contribution in [0, 0.1) is 0 Å². The number of carbonyl (C=O) groups excluding carboxylic acids is 2. The Kier molecular flexibility index (Phi) is 5.39. The molecule has 0 bridgehead atoms. The van der Waals surface area contributed by atoms with Gasteiger partial charge in [-0.05, 0) is 23.6 Å². The van der Waals surface area contributed by atoms with Crippen LogP contribution in [0.4, 0.5) is 5.82 Å². The van der Waals surface area contributed by atoms with Crippen LogP contribution in [-0.4, -0.2) is 33.5 Å². The molecule has 0 unspecified atom stereocenters. The maximum atomic E-state index is 12.6. The molecule has 26 heavy (non-hydrogen) atoms. The molecule has 8 heteroatoms. The molecule has 0 aliphatic carbocycles. The standard InChI is InChI=1S/C18H17ClN4O2S/c1-22(11-12-6-5-9-26-12)18(25)15-10-16(23(2)21-15)20-17(24)13-7-3-4-8-14(13)19/h3-10H,11H2,1-2H3,(H,20,24). The topological polar surface area (TPSA) is 67.2 Å². The number of carbonyl (C=O) groups is 2. The first-order chi connectivity index (χ1) is 12.5. The van der Waals surface area contributed by atoms with Gasteiger partial charge in [-0.1, -0.05) is 29.8 Å². The van der Waals surface area contributed by atoms with Gasteiger partial charge in [0.1, 0.15) is 5.82 Å².